The number of ketones is 1. The van der Waals surface area contributed by atoms with Gasteiger partial charge in [0.25, 0.3) is 0 Å². The average Bonchev–Trinajstić information content (AvgIpc) is 3.04. The van der Waals surface area contributed by atoms with Crippen LogP contribution in [0.25, 0.3) is 0 Å². The van der Waals surface area contributed by atoms with Crippen molar-refractivity contribution in [3.05, 3.63) is 29.3 Å². The highest BCUT2D eigenvalue weighted by Gasteiger charge is 2.48. The maximum absolute atomic E-state index is 12.9. The Morgan fingerprint density at radius 2 is 2.00 bits per heavy atom. The topological polar surface area (TPSA) is 72.8 Å². The zero-order chi connectivity index (χ0) is 18.6. The first-order valence-corrected chi connectivity index (χ1v) is 10.1. The van der Waals surface area contributed by atoms with Crippen LogP contribution in [-0.2, 0) is 25.6 Å². The van der Waals surface area contributed by atoms with Crippen LogP contribution in [0.1, 0.15) is 23.7 Å². The second kappa shape index (κ2) is 6.08. The number of Topliss-reactive ketones (excluding diaryl/α,β-unsaturated/α-hetero) is 1. The average molecular weight is 440 g/mol. The van der Waals surface area contributed by atoms with Crippen LogP contribution in [0.3, 0.4) is 0 Å². The monoisotopic (exact) mass is 439 g/mol. The second-order valence-electron chi connectivity index (χ2n) is 6.09. The molecule has 0 spiro atoms. The molecule has 1 aliphatic carbocycles. The molecule has 0 aromatic heterocycles. The van der Waals surface area contributed by atoms with Crippen LogP contribution in [0, 0.1) is 11.8 Å². The van der Waals surface area contributed by atoms with E-state index in [9.17, 15) is 26.4 Å². The van der Waals surface area contributed by atoms with Gasteiger partial charge in [0.05, 0.1) is 16.7 Å². The van der Waals surface area contributed by atoms with Gasteiger partial charge in [0.15, 0.2) is 15.9 Å². The molecule has 4 atom stereocenters. The summed E-state index contributed by atoms with van der Waals surface area (Å²) in [6.45, 7) is 0. The molecule has 2 aliphatic rings. The molecule has 3 rings (SSSR count). The smallest absolute Gasteiger partial charge is 0.387 e. The third-order valence-corrected chi connectivity index (χ3v) is 6.34. The lowest BCUT2D eigenvalue weighted by Crippen LogP contribution is -2.24. The van der Waals surface area contributed by atoms with Crippen molar-refractivity contribution in [1.29, 1.82) is 0 Å². The first-order valence-electron chi connectivity index (χ1n) is 7.28. The van der Waals surface area contributed by atoms with E-state index in [0.717, 1.165) is 18.4 Å². The van der Waals surface area contributed by atoms with Crippen molar-refractivity contribution in [3.63, 3.8) is 0 Å². The van der Waals surface area contributed by atoms with Crippen molar-refractivity contribution in [2.45, 2.75) is 28.4 Å². The number of rotatable bonds is 4. The molecule has 1 aromatic carbocycles. The number of benzene rings is 1. The molecule has 1 heterocycles. The number of carbonyl (C=O) groups is 1. The number of nitrogens with zero attached hydrogens (tertiary/aromatic N) is 1. The van der Waals surface area contributed by atoms with E-state index in [1.807, 2.05) is 0 Å². The van der Waals surface area contributed by atoms with Crippen LogP contribution >= 0.6 is 15.9 Å². The van der Waals surface area contributed by atoms with E-state index >= 15 is 0 Å². The minimum atomic E-state index is -4.68. The Kier molecular flexibility index (Phi) is 4.47. The molecule has 136 valence electrons. The van der Waals surface area contributed by atoms with Gasteiger partial charge in [-0.2, -0.15) is 13.2 Å². The van der Waals surface area contributed by atoms with Crippen LogP contribution in [0.5, 0.6) is 0 Å². The molecule has 10 heteroatoms. The molecule has 0 N–H and O–H groups in total. The molecular weight excluding hydrogens is 427 g/mol. The number of halogens is 4. The van der Waals surface area contributed by atoms with E-state index in [0.29, 0.717) is 12.5 Å². The Morgan fingerprint density at radius 3 is 2.52 bits per heavy atom. The summed E-state index contributed by atoms with van der Waals surface area (Å²) >= 11 is 3.32. The van der Waals surface area contributed by atoms with Gasteiger partial charge in [-0.25, -0.2) is 8.42 Å². The quantitative estimate of drug-likeness (QED) is 0.675. The first kappa shape index (κ1) is 18.4. The summed E-state index contributed by atoms with van der Waals surface area (Å²) in [7, 11) is -3.97. The van der Waals surface area contributed by atoms with Gasteiger partial charge < -0.3 is 4.84 Å². The van der Waals surface area contributed by atoms with Crippen molar-refractivity contribution in [2.24, 2.45) is 17.0 Å². The van der Waals surface area contributed by atoms with Gasteiger partial charge in [-0.05, 0) is 18.6 Å². The molecular formula is C15H13BrF3NO4S. The standard InChI is InChI=1S/C15H13BrF3NO4S/c1-25(22,23)12-4-7(15(17,18)19)2-3-8(12)14-10(6-20-24-14)13(21)9-5-11(9)16/h2-4,6,9-11,14H,5H2,1H3. The van der Waals surface area contributed by atoms with Crippen molar-refractivity contribution in [2.75, 3.05) is 6.26 Å². The van der Waals surface area contributed by atoms with Gasteiger partial charge in [-0.1, -0.05) is 27.2 Å². The van der Waals surface area contributed by atoms with Gasteiger partial charge in [0.2, 0.25) is 0 Å². The molecule has 0 saturated heterocycles. The van der Waals surface area contributed by atoms with Gasteiger partial charge in [-0.3, -0.25) is 4.79 Å². The number of carbonyl (C=O) groups excluding carboxylic acids is 1. The molecule has 25 heavy (non-hydrogen) atoms. The maximum atomic E-state index is 12.9. The van der Waals surface area contributed by atoms with E-state index < -0.39 is 38.5 Å². The highest BCUT2D eigenvalue weighted by Crippen LogP contribution is 2.44. The normalized spacial score (nSPS) is 28.7. The van der Waals surface area contributed by atoms with Crippen LogP contribution in [0.15, 0.2) is 28.3 Å². The highest BCUT2D eigenvalue weighted by atomic mass is 79.9. The van der Waals surface area contributed by atoms with Crippen molar-refractivity contribution in [1.82, 2.24) is 0 Å². The second-order valence-corrected chi connectivity index (χ2v) is 9.25. The molecule has 0 amide bonds. The molecule has 1 fully saturated rings. The molecule has 1 saturated carbocycles. The Bertz CT molecular complexity index is 853. The summed E-state index contributed by atoms with van der Waals surface area (Å²) in [5, 5.41) is 3.60. The van der Waals surface area contributed by atoms with Crippen molar-refractivity contribution < 1.29 is 31.2 Å². The number of alkyl halides is 4. The summed E-state index contributed by atoms with van der Waals surface area (Å²) in [4.78, 5) is 17.1. The van der Waals surface area contributed by atoms with Gasteiger partial charge in [-0.15, -0.1) is 0 Å². The van der Waals surface area contributed by atoms with Crippen molar-refractivity contribution >= 4 is 37.8 Å². The van der Waals surface area contributed by atoms with E-state index in [1.54, 1.807) is 0 Å². The van der Waals surface area contributed by atoms with Gasteiger partial charge >= 0.3 is 6.18 Å². The van der Waals surface area contributed by atoms with Crippen molar-refractivity contribution in [3.8, 4) is 0 Å². The Hall–Kier alpha value is -1.42. The minimum absolute atomic E-state index is 0.00174. The summed E-state index contributed by atoms with van der Waals surface area (Å²) in [6, 6.07) is 2.38. The predicted octanol–water partition coefficient (Wildman–Crippen LogP) is 3.13. The van der Waals surface area contributed by atoms with Crippen LogP contribution in [0.2, 0.25) is 0 Å². The van der Waals surface area contributed by atoms with E-state index in [1.165, 1.54) is 6.21 Å². The van der Waals surface area contributed by atoms with Gasteiger partial charge in [0, 0.05) is 22.6 Å². The van der Waals surface area contributed by atoms with E-state index in [2.05, 4.69) is 21.1 Å². The fourth-order valence-corrected chi connectivity index (χ4v) is 4.37. The van der Waals surface area contributed by atoms with E-state index in [4.69, 9.17) is 4.84 Å². The number of sulfone groups is 1. The van der Waals surface area contributed by atoms with Crippen LogP contribution in [0.4, 0.5) is 13.2 Å². The molecule has 1 aliphatic heterocycles. The van der Waals surface area contributed by atoms with Gasteiger partial charge in [0.1, 0.15) is 11.7 Å². The van der Waals surface area contributed by atoms with Crippen LogP contribution < -0.4 is 0 Å². The summed E-state index contributed by atoms with van der Waals surface area (Å²) < 4.78 is 62.8. The highest BCUT2D eigenvalue weighted by molar-refractivity contribution is 9.09. The Labute approximate surface area is 150 Å². The lowest BCUT2D eigenvalue weighted by molar-refractivity contribution is -0.137. The maximum Gasteiger partial charge on any atom is 0.416 e. The summed E-state index contributed by atoms with van der Waals surface area (Å²) in [5.74, 6) is -1.23. The Morgan fingerprint density at radius 1 is 1.36 bits per heavy atom. The molecule has 0 radical (unpaired) electrons. The lowest BCUT2D eigenvalue weighted by Gasteiger charge is -2.19. The minimum Gasteiger partial charge on any atom is -0.387 e. The number of hydrogen-bond donors (Lipinski definition) is 0. The number of oxime groups is 1. The molecule has 1 aromatic rings. The fourth-order valence-electron chi connectivity index (χ4n) is 2.76. The fraction of sp³-hybridized carbons (Fsp3) is 0.467. The predicted molar refractivity (Wildman–Crippen MR) is 86.2 cm³/mol. The third kappa shape index (κ3) is 3.59. The molecule has 5 nitrogen and oxygen atoms in total. The molecule has 4 unspecified atom stereocenters. The summed E-state index contributed by atoms with van der Waals surface area (Å²) in [6.07, 6.45) is -3.00. The van der Waals surface area contributed by atoms with Crippen LogP contribution in [-0.4, -0.2) is 31.5 Å². The van der Waals surface area contributed by atoms with E-state index in [-0.39, 0.29) is 22.1 Å². The largest absolute Gasteiger partial charge is 0.416 e. The first-order chi connectivity index (χ1) is 11.5. The molecule has 0 bridgehead atoms. The zero-order valence-electron chi connectivity index (χ0n) is 12.8. The Balaban J connectivity index is 2.03. The third-order valence-electron chi connectivity index (χ3n) is 4.18. The zero-order valence-corrected chi connectivity index (χ0v) is 15.2. The SMILES string of the molecule is CS(=O)(=O)c1cc(C(F)(F)F)ccc1C1ON=CC1C(=O)C1CC1Br. The lowest BCUT2D eigenvalue weighted by atomic mass is 9.91. The number of hydrogen-bond acceptors (Lipinski definition) is 5. The summed E-state index contributed by atoms with van der Waals surface area (Å²) in [5.41, 5.74) is -1.08.